The van der Waals surface area contributed by atoms with Gasteiger partial charge in [-0.2, -0.15) is 0 Å². The number of ether oxygens (including phenoxy) is 1. The molecule has 1 unspecified atom stereocenters. The fraction of sp³-hybridized carbons (Fsp3) is 0.895. The maximum Gasteiger partial charge on any atom is 0.306 e. The Morgan fingerprint density at radius 1 is 1.27 bits per heavy atom. The number of nitrogens with zero attached hydrogens (tertiary/aromatic N) is 2. The second-order valence-corrected chi connectivity index (χ2v) is 7.83. The minimum atomic E-state index is -0.384. The Kier molecular flexibility index (Phi) is 13.3. The summed E-state index contributed by atoms with van der Waals surface area (Å²) < 4.78 is 5.29. The van der Waals surface area contributed by atoms with Crippen molar-refractivity contribution in [2.45, 2.75) is 84.3 Å². The fourth-order valence-electron chi connectivity index (χ4n) is 3.13. The number of esters is 1. The molecule has 0 aromatic rings. The van der Waals surface area contributed by atoms with Crippen molar-refractivity contribution in [3.05, 3.63) is 0 Å². The number of guanidine groups is 1. The van der Waals surface area contributed by atoms with Crippen molar-refractivity contribution in [2.75, 3.05) is 26.2 Å². The van der Waals surface area contributed by atoms with Crippen LogP contribution in [0.5, 0.6) is 0 Å². The van der Waals surface area contributed by atoms with Crippen LogP contribution in [-0.4, -0.2) is 54.7 Å². The Hall–Kier alpha value is -0.570. The van der Waals surface area contributed by atoms with Gasteiger partial charge in [-0.3, -0.25) is 14.7 Å². The second kappa shape index (κ2) is 13.6. The highest BCUT2D eigenvalue weighted by Gasteiger charge is 2.22. The van der Waals surface area contributed by atoms with E-state index in [2.05, 4.69) is 22.1 Å². The summed E-state index contributed by atoms with van der Waals surface area (Å²) >= 11 is 0. The van der Waals surface area contributed by atoms with Gasteiger partial charge < -0.3 is 15.8 Å². The van der Waals surface area contributed by atoms with E-state index in [1.807, 2.05) is 20.8 Å². The maximum absolute atomic E-state index is 11.6. The van der Waals surface area contributed by atoms with Gasteiger partial charge in [-0.15, -0.1) is 24.0 Å². The molecule has 0 aliphatic carbocycles. The van der Waals surface area contributed by atoms with Crippen LogP contribution in [0.25, 0.3) is 0 Å². The number of hydrogen-bond donors (Lipinski definition) is 2. The molecule has 154 valence electrons. The van der Waals surface area contributed by atoms with Crippen LogP contribution in [0.15, 0.2) is 4.99 Å². The van der Waals surface area contributed by atoms with Crippen molar-refractivity contribution in [3.63, 3.8) is 0 Å². The monoisotopic (exact) mass is 482 g/mol. The molecule has 0 amide bonds. The second-order valence-electron chi connectivity index (χ2n) is 7.83. The zero-order chi connectivity index (χ0) is 18.7. The SMILES string of the molecule is CCN1CCCC1CN=C(N)NCCCCCCC(=O)OC(C)(C)C.I. The summed E-state index contributed by atoms with van der Waals surface area (Å²) in [5.41, 5.74) is 5.55. The first-order chi connectivity index (χ1) is 11.8. The van der Waals surface area contributed by atoms with E-state index in [0.717, 1.165) is 45.3 Å². The molecular formula is C19H39IN4O2. The van der Waals surface area contributed by atoms with Gasteiger partial charge in [0.25, 0.3) is 0 Å². The molecule has 1 aliphatic heterocycles. The highest BCUT2D eigenvalue weighted by molar-refractivity contribution is 14.0. The van der Waals surface area contributed by atoms with Gasteiger partial charge in [0.1, 0.15) is 5.60 Å². The van der Waals surface area contributed by atoms with Gasteiger partial charge in [0, 0.05) is 19.0 Å². The zero-order valence-electron chi connectivity index (χ0n) is 17.1. The lowest BCUT2D eigenvalue weighted by Crippen LogP contribution is -2.36. The Balaban J connectivity index is 0.00000625. The highest BCUT2D eigenvalue weighted by atomic mass is 127. The Morgan fingerprint density at radius 2 is 1.96 bits per heavy atom. The Morgan fingerprint density at radius 3 is 2.62 bits per heavy atom. The molecule has 0 radical (unpaired) electrons. The van der Waals surface area contributed by atoms with E-state index < -0.39 is 0 Å². The van der Waals surface area contributed by atoms with Crippen LogP contribution in [-0.2, 0) is 9.53 Å². The minimum Gasteiger partial charge on any atom is -0.460 e. The Bertz CT molecular complexity index is 424. The molecule has 6 nitrogen and oxygen atoms in total. The van der Waals surface area contributed by atoms with E-state index in [9.17, 15) is 4.79 Å². The van der Waals surface area contributed by atoms with E-state index in [0.29, 0.717) is 18.4 Å². The van der Waals surface area contributed by atoms with Gasteiger partial charge in [0.05, 0.1) is 6.54 Å². The first-order valence-electron chi connectivity index (χ1n) is 9.81. The molecule has 1 saturated heterocycles. The average molecular weight is 482 g/mol. The molecule has 0 bridgehead atoms. The number of rotatable bonds is 10. The van der Waals surface area contributed by atoms with Gasteiger partial charge in [-0.25, -0.2) is 0 Å². The summed E-state index contributed by atoms with van der Waals surface area (Å²) in [4.78, 5) is 18.5. The molecule has 3 N–H and O–H groups in total. The van der Waals surface area contributed by atoms with E-state index in [4.69, 9.17) is 10.5 Å². The zero-order valence-corrected chi connectivity index (χ0v) is 19.4. The maximum atomic E-state index is 11.6. The van der Waals surface area contributed by atoms with Gasteiger partial charge in [0.15, 0.2) is 5.96 Å². The number of aliphatic imine (C=N–C) groups is 1. The normalized spacial score (nSPS) is 18.5. The lowest BCUT2D eigenvalue weighted by atomic mass is 10.1. The molecule has 0 spiro atoms. The fourth-order valence-corrected chi connectivity index (χ4v) is 3.13. The van der Waals surface area contributed by atoms with E-state index in [1.54, 1.807) is 0 Å². The summed E-state index contributed by atoms with van der Waals surface area (Å²) in [6.45, 7) is 11.8. The topological polar surface area (TPSA) is 80.0 Å². The Labute approximate surface area is 176 Å². The molecule has 1 aliphatic rings. The standard InChI is InChI=1S/C19H38N4O2.HI/c1-5-23-14-10-11-16(23)15-22-18(20)21-13-9-7-6-8-12-17(24)25-19(2,3)4;/h16H,5-15H2,1-4H3,(H3,20,21,22);1H. The van der Waals surface area contributed by atoms with Gasteiger partial charge in [0.2, 0.25) is 0 Å². The lowest BCUT2D eigenvalue weighted by Gasteiger charge is -2.20. The quantitative estimate of drug-likeness (QED) is 0.164. The van der Waals surface area contributed by atoms with Crippen LogP contribution in [0.1, 0.15) is 72.6 Å². The molecular weight excluding hydrogens is 443 g/mol. The third-order valence-corrected chi connectivity index (χ3v) is 4.41. The van der Waals surface area contributed by atoms with Crippen LogP contribution < -0.4 is 11.1 Å². The predicted molar refractivity (Wildman–Crippen MR) is 119 cm³/mol. The number of nitrogens with two attached hydrogens (primary N) is 1. The number of carbonyl (C=O) groups is 1. The van der Waals surface area contributed by atoms with Gasteiger partial charge in [-0.05, 0) is 59.5 Å². The van der Waals surface area contributed by atoms with Gasteiger partial charge >= 0.3 is 5.97 Å². The number of halogens is 1. The number of unbranched alkanes of at least 4 members (excludes halogenated alkanes) is 3. The van der Waals surface area contributed by atoms with Crippen LogP contribution in [0.2, 0.25) is 0 Å². The van der Waals surface area contributed by atoms with Crippen molar-refractivity contribution in [1.29, 1.82) is 0 Å². The predicted octanol–water partition coefficient (Wildman–Crippen LogP) is 3.29. The van der Waals surface area contributed by atoms with Crippen molar-refractivity contribution >= 4 is 35.9 Å². The molecule has 1 heterocycles. The first kappa shape index (κ1) is 25.4. The molecule has 1 atom stereocenters. The number of hydrogen-bond acceptors (Lipinski definition) is 4. The molecule has 0 aromatic carbocycles. The number of likely N-dealkylation sites (N-methyl/N-ethyl adjacent to an activating group) is 1. The largest absolute Gasteiger partial charge is 0.460 e. The molecule has 1 fully saturated rings. The van der Waals surface area contributed by atoms with Gasteiger partial charge in [-0.1, -0.05) is 19.8 Å². The summed E-state index contributed by atoms with van der Waals surface area (Å²) in [5.74, 6) is 0.451. The summed E-state index contributed by atoms with van der Waals surface area (Å²) in [6, 6.07) is 0.554. The lowest BCUT2D eigenvalue weighted by molar-refractivity contribution is -0.154. The van der Waals surface area contributed by atoms with Crippen molar-refractivity contribution in [1.82, 2.24) is 10.2 Å². The van der Waals surface area contributed by atoms with Crippen LogP contribution in [0.3, 0.4) is 0 Å². The smallest absolute Gasteiger partial charge is 0.306 e. The van der Waals surface area contributed by atoms with Crippen molar-refractivity contribution in [2.24, 2.45) is 10.7 Å². The van der Waals surface area contributed by atoms with E-state index >= 15 is 0 Å². The van der Waals surface area contributed by atoms with Crippen LogP contribution in [0.4, 0.5) is 0 Å². The molecule has 0 aromatic heterocycles. The molecule has 1 rings (SSSR count). The molecule has 7 heteroatoms. The van der Waals surface area contributed by atoms with Crippen molar-refractivity contribution < 1.29 is 9.53 Å². The number of nitrogens with one attached hydrogen (secondary N) is 1. The summed E-state index contributed by atoms with van der Waals surface area (Å²) in [5, 5.41) is 3.19. The minimum absolute atomic E-state index is 0. The number of carbonyl (C=O) groups excluding carboxylic acids is 1. The van der Waals surface area contributed by atoms with E-state index in [1.165, 1.54) is 19.4 Å². The van der Waals surface area contributed by atoms with Crippen molar-refractivity contribution in [3.8, 4) is 0 Å². The molecule has 0 saturated carbocycles. The number of likely N-dealkylation sites (tertiary alicyclic amines) is 1. The highest BCUT2D eigenvalue weighted by Crippen LogP contribution is 2.16. The first-order valence-corrected chi connectivity index (χ1v) is 9.81. The summed E-state index contributed by atoms with van der Waals surface area (Å²) in [7, 11) is 0. The summed E-state index contributed by atoms with van der Waals surface area (Å²) in [6.07, 6.45) is 7.03. The van der Waals surface area contributed by atoms with Crippen LogP contribution in [0, 0.1) is 0 Å². The molecule has 26 heavy (non-hydrogen) atoms. The van der Waals surface area contributed by atoms with E-state index in [-0.39, 0.29) is 35.5 Å². The third-order valence-electron chi connectivity index (χ3n) is 4.41. The van der Waals surface area contributed by atoms with Crippen LogP contribution >= 0.6 is 24.0 Å². The third kappa shape index (κ3) is 11.9. The average Bonchev–Trinajstić information content (AvgIpc) is 2.97.